The van der Waals surface area contributed by atoms with Crippen LogP contribution in [-0.2, 0) is 20.9 Å². The fourth-order valence-corrected chi connectivity index (χ4v) is 4.43. The Morgan fingerprint density at radius 2 is 2.21 bits per heavy atom. The van der Waals surface area contributed by atoms with Crippen molar-refractivity contribution in [3.63, 3.8) is 0 Å². The van der Waals surface area contributed by atoms with Crippen molar-refractivity contribution >= 4 is 28.3 Å². The predicted molar refractivity (Wildman–Crippen MR) is 88.6 cm³/mol. The Bertz CT molecular complexity index is 658. The van der Waals surface area contributed by atoms with E-state index in [9.17, 15) is 9.59 Å². The average molecular weight is 350 g/mol. The van der Waals surface area contributed by atoms with Gasteiger partial charge in [0.05, 0.1) is 5.92 Å². The molecule has 130 valence electrons. The molecule has 1 atom stereocenters. The molecule has 8 heteroatoms. The maximum Gasteiger partial charge on any atom is 0.229 e. The molecule has 3 aliphatic rings. The first-order valence-electron chi connectivity index (χ1n) is 8.59. The summed E-state index contributed by atoms with van der Waals surface area (Å²) in [5.41, 5.74) is 0.422. The third kappa shape index (κ3) is 2.93. The van der Waals surface area contributed by atoms with E-state index in [0.717, 1.165) is 24.5 Å². The van der Waals surface area contributed by atoms with Crippen molar-refractivity contribution in [1.82, 2.24) is 15.1 Å². The number of hydrogen-bond donors (Lipinski definition) is 0. The second-order valence-electron chi connectivity index (χ2n) is 7.03. The van der Waals surface area contributed by atoms with Crippen LogP contribution < -0.4 is 4.90 Å². The maximum atomic E-state index is 12.7. The number of likely N-dealkylation sites (tertiary alicyclic amines) is 1. The van der Waals surface area contributed by atoms with Gasteiger partial charge in [0.25, 0.3) is 0 Å². The number of carbonyl (C=O) groups excluding carboxylic acids is 2. The summed E-state index contributed by atoms with van der Waals surface area (Å²) in [5, 5.41) is 9.48. The fourth-order valence-electron chi connectivity index (χ4n) is 3.63. The topological polar surface area (TPSA) is 75.6 Å². The summed E-state index contributed by atoms with van der Waals surface area (Å²) >= 11 is 1.36. The van der Waals surface area contributed by atoms with E-state index in [0.29, 0.717) is 30.3 Å². The van der Waals surface area contributed by atoms with E-state index >= 15 is 0 Å². The molecule has 1 aliphatic carbocycles. The zero-order valence-corrected chi connectivity index (χ0v) is 14.7. The summed E-state index contributed by atoms with van der Waals surface area (Å²) in [6.07, 6.45) is 3.91. The zero-order chi connectivity index (χ0) is 16.7. The molecule has 3 fully saturated rings. The third-order valence-corrected chi connectivity index (χ3v) is 6.22. The molecule has 0 bridgehead atoms. The van der Waals surface area contributed by atoms with Gasteiger partial charge in [-0.05, 0) is 31.6 Å². The number of nitrogens with zero attached hydrogens (tertiary/aromatic N) is 4. The number of aromatic nitrogens is 2. The summed E-state index contributed by atoms with van der Waals surface area (Å²) in [7, 11) is 0. The van der Waals surface area contributed by atoms with Gasteiger partial charge in [-0.15, -0.1) is 10.2 Å². The number of amides is 2. The quantitative estimate of drug-likeness (QED) is 0.803. The Morgan fingerprint density at radius 1 is 1.38 bits per heavy atom. The van der Waals surface area contributed by atoms with E-state index < -0.39 is 0 Å². The van der Waals surface area contributed by atoms with Gasteiger partial charge in [0.15, 0.2) is 0 Å². The first-order valence-corrected chi connectivity index (χ1v) is 9.41. The standard InChI is InChI=1S/C16H22N4O3S/c1-2-23-9-12-17-18-15(24-12)20-8-11(7-13(20)21)14(22)19-6-5-16(10-19)3-4-16/h11H,2-10H2,1H3. The van der Waals surface area contributed by atoms with Crippen LogP contribution in [-0.4, -0.2) is 53.2 Å². The monoisotopic (exact) mass is 350 g/mol. The van der Waals surface area contributed by atoms with Crippen LogP contribution in [0.25, 0.3) is 0 Å². The van der Waals surface area contributed by atoms with Crippen molar-refractivity contribution < 1.29 is 14.3 Å². The van der Waals surface area contributed by atoms with Crippen LogP contribution in [0.1, 0.15) is 37.6 Å². The smallest absolute Gasteiger partial charge is 0.229 e. The average Bonchev–Trinajstić information content (AvgIpc) is 2.95. The molecular formula is C16H22N4O3S. The second kappa shape index (κ2) is 6.07. The molecule has 4 rings (SSSR count). The molecule has 1 spiro atoms. The highest BCUT2D eigenvalue weighted by molar-refractivity contribution is 7.15. The number of rotatable bonds is 5. The van der Waals surface area contributed by atoms with Crippen LogP contribution >= 0.6 is 11.3 Å². The van der Waals surface area contributed by atoms with Crippen molar-refractivity contribution in [2.45, 2.75) is 39.2 Å². The van der Waals surface area contributed by atoms with Crippen LogP contribution in [0.2, 0.25) is 0 Å². The molecule has 7 nitrogen and oxygen atoms in total. The molecule has 1 unspecified atom stereocenters. The largest absolute Gasteiger partial charge is 0.374 e. The molecule has 3 heterocycles. The molecule has 0 aromatic carbocycles. The fraction of sp³-hybridized carbons (Fsp3) is 0.750. The lowest BCUT2D eigenvalue weighted by atomic mass is 10.1. The molecule has 2 amide bonds. The highest BCUT2D eigenvalue weighted by Gasteiger charge is 2.50. The maximum absolute atomic E-state index is 12.7. The lowest BCUT2D eigenvalue weighted by Crippen LogP contribution is -2.36. The van der Waals surface area contributed by atoms with Crippen LogP contribution in [0.3, 0.4) is 0 Å². The second-order valence-corrected chi connectivity index (χ2v) is 8.07. The Hall–Kier alpha value is -1.54. The van der Waals surface area contributed by atoms with Gasteiger partial charge in [0.2, 0.25) is 16.9 Å². The SMILES string of the molecule is CCOCc1nnc(N2CC(C(=O)N3CCC4(CC4)C3)CC2=O)s1. The van der Waals surface area contributed by atoms with Crippen molar-refractivity contribution in [3.8, 4) is 0 Å². The first-order chi connectivity index (χ1) is 11.6. The van der Waals surface area contributed by atoms with Crippen LogP contribution in [0, 0.1) is 11.3 Å². The van der Waals surface area contributed by atoms with Gasteiger partial charge in [0.1, 0.15) is 11.6 Å². The lowest BCUT2D eigenvalue weighted by Gasteiger charge is -2.20. The summed E-state index contributed by atoms with van der Waals surface area (Å²) in [6, 6.07) is 0. The van der Waals surface area contributed by atoms with Gasteiger partial charge in [-0.25, -0.2) is 0 Å². The van der Waals surface area contributed by atoms with E-state index in [1.165, 1.54) is 24.2 Å². The van der Waals surface area contributed by atoms with E-state index in [-0.39, 0.29) is 24.2 Å². The summed E-state index contributed by atoms with van der Waals surface area (Å²) in [4.78, 5) is 28.6. The van der Waals surface area contributed by atoms with E-state index in [2.05, 4.69) is 10.2 Å². The molecule has 1 aromatic heterocycles. The Balaban J connectivity index is 1.39. The van der Waals surface area contributed by atoms with Gasteiger partial charge in [0, 0.05) is 32.7 Å². The third-order valence-electron chi connectivity index (χ3n) is 5.30. The first kappa shape index (κ1) is 16.0. The molecule has 2 aliphatic heterocycles. The van der Waals surface area contributed by atoms with Gasteiger partial charge < -0.3 is 9.64 Å². The number of ether oxygens (including phenoxy) is 1. The Morgan fingerprint density at radius 3 is 2.92 bits per heavy atom. The zero-order valence-electron chi connectivity index (χ0n) is 13.9. The van der Waals surface area contributed by atoms with Crippen LogP contribution in [0.15, 0.2) is 0 Å². The van der Waals surface area contributed by atoms with Crippen molar-refractivity contribution in [2.24, 2.45) is 11.3 Å². The molecule has 0 N–H and O–H groups in total. The summed E-state index contributed by atoms with van der Waals surface area (Å²) in [6.45, 7) is 5.10. The minimum absolute atomic E-state index is 0.0345. The molecule has 1 aromatic rings. The molecule has 0 radical (unpaired) electrons. The minimum atomic E-state index is -0.245. The molecule has 2 saturated heterocycles. The van der Waals surface area contributed by atoms with Gasteiger partial charge in [-0.1, -0.05) is 11.3 Å². The molecule has 24 heavy (non-hydrogen) atoms. The summed E-state index contributed by atoms with van der Waals surface area (Å²) in [5.74, 6) is -0.146. The number of carbonyl (C=O) groups is 2. The molecular weight excluding hydrogens is 328 g/mol. The number of hydrogen-bond acceptors (Lipinski definition) is 6. The highest BCUT2D eigenvalue weighted by atomic mass is 32.1. The highest BCUT2D eigenvalue weighted by Crippen LogP contribution is 2.52. The van der Waals surface area contributed by atoms with E-state index in [1.807, 2.05) is 11.8 Å². The van der Waals surface area contributed by atoms with Crippen molar-refractivity contribution in [3.05, 3.63) is 5.01 Å². The molecule has 1 saturated carbocycles. The minimum Gasteiger partial charge on any atom is -0.374 e. The van der Waals surface area contributed by atoms with Gasteiger partial charge in [-0.3, -0.25) is 14.5 Å². The predicted octanol–water partition coefficient (Wildman–Crippen LogP) is 1.44. The van der Waals surface area contributed by atoms with Crippen molar-refractivity contribution in [1.29, 1.82) is 0 Å². The van der Waals surface area contributed by atoms with Crippen LogP contribution in [0.5, 0.6) is 0 Å². The normalized spacial score (nSPS) is 25.0. The lowest BCUT2D eigenvalue weighted by molar-refractivity contribution is -0.135. The van der Waals surface area contributed by atoms with Gasteiger partial charge >= 0.3 is 0 Å². The number of anilines is 1. The summed E-state index contributed by atoms with van der Waals surface area (Å²) < 4.78 is 5.32. The Kier molecular flexibility index (Phi) is 4.04. The van der Waals surface area contributed by atoms with Crippen molar-refractivity contribution in [2.75, 3.05) is 31.1 Å². The van der Waals surface area contributed by atoms with E-state index in [1.54, 1.807) is 4.90 Å². The Labute approximate surface area is 145 Å². The van der Waals surface area contributed by atoms with Crippen LogP contribution in [0.4, 0.5) is 5.13 Å². The van der Waals surface area contributed by atoms with Gasteiger partial charge in [-0.2, -0.15) is 0 Å². The van der Waals surface area contributed by atoms with E-state index in [4.69, 9.17) is 4.74 Å².